The van der Waals surface area contributed by atoms with E-state index in [4.69, 9.17) is 4.42 Å². The summed E-state index contributed by atoms with van der Waals surface area (Å²) in [5.41, 5.74) is 1.48. The van der Waals surface area contributed by atoms with Gasteiger partial charge in [0.25, 0.3) is 5.91 Å². The summed E-state index contributed by atoms with van der Waals surface area (Å²) in [5.74, 6) is -0.114. The second-order valence-corrected chi connectivity index (χ2v) is 6.05. The third-order valence-electron chi connectivity index (χ3n) is 4.62. The molecular formula is C18H23N3O3. The number of fused-ring (bicyclic) bond motifs is 1. The molecule has 3 rings (SSSR count). The summed E-state index contributed by atoms with van der Waals surface area (Å²) in [6.45, 7) is 8.18. The Kier molecular flexibility index (Phi) is 4.85. The molecule has 1 aliphatic heterocycles. The summed E-state index contributed by atoms with van der Waals surface area (Å²) < 4.78 is 5.62. The first kappa shape index (κ1) is 16.5. The number of piperazine rings is 1. The molecule has 1 saturated heterocycles. The van der Waals surface area contributed by atoms with Crippen LogP contribution in [-0.2, 0) is 4.79 Å². The van der Waals surface area contributed by atoms with Crippen LogP contribution in [0.1, 0.15) is 23.0 Å². The maximum atomic E-state index is 12.3. The van der Waals surface area contributed by atoms with E-state index in [9.17, 15) is 9.59 Å². The van der Waals surface area contributed by atoms with Gasteiger partial charge in [-0.2, -0.15) is 0 Å². The molecule has 0 aliphatic carbocycles. The molecule has 6 heteroatoms. The van der Waals surface area contributed by atoms with Crippen LogP contribution in [0.4, 0.5) is 0 Å². The van der Waals surface area contributed by atoms with Crippen molar-refractivity contribution < 1.29 is 14.0 Å². The quantitative estimate of drug-likeness (QED) is 0.926. The average molecular weight is 329 g/mol. The van der Waals surface area contributed by atoms with Crippen molar-refractivity contribution in [3.8, 4) is 0 Å². The van der Waals surface area contributed by atoms with E-state index in [1.54, 1.807) is 4.90 Å². The van der Waals surface area contributed by atoms with E-state index < -0.39 is 0 Å². The number of rotatable bonds is 4. The molecule has 2 amide bonds. The van der Waals surface area contributed by atoms with E-state index >= 15 is 0 Å². The Morgan fingerprint density at radius 2 is 1.88 bits per heavy atom. The molecule has 6 nitrogen and oxygen atoms in total. The molecule has 2 aromatic rings. The molecule has 128 valence electrons. The van der Waals surface area contributed by atoms with Gasteiger partial charge in [0.05, 0.1) is 6.54 Å². The number of para-hydroxylation sites is 1. The molecule has 1 aliphatic rings. The van der Waals surface area contributed by atoms with Gasteiger partial charge in [0.15, 0.2) is 5.76 Å². The number of likely N-dealkylation sites (N-methyl/N-ethyl adjacent to an activating group) is 1. The Labute approximate surface area is 141 Å². The molecule has 0 saturated carbocycles. The lowest BCUT2D eigenvalue weighted by Gasteiger charge is -2.34. The van der Waals surface area contributed by atoms with Crippen LogP contribution >= 0.6 is 0 Å². The highest BCUT2D eigenvalue weighted by Crippen LogP contribution is 2.24. The minimum absolute atomic E-state index is 0.00143. The van der Waals surface area contributed by atoms with E-state index in [1.165, 1.54) is 0 Å². The van der Waals surface area contributed by atoms with Gasteiger partial charge in [-0.25, -0.2) is 0 Å². The molecule has 0 radical (unpaired) electrons. The van der Waals surface area contributed by atoms with Crippen molar-refractivity contribution in [2.45, 2.75) is 13.8 Å². The van der Waals surface area contributed by atoms with E-state index in [-0.39, 0.29) is 24.1 Å². The number of nitrogens with one attached hydrogen (secondary N) is 1. The number of carbonyl (C=O) groups is 2. The molecule has 1 N–H and O–H groups in total. The number of nitrogens with zero attached hydrogens (tertiary/aromatic N) is 2. The predicted octanol–water partition coefficient (Wildman–Crippen LogP) is 1.64. The summed E-state index contributed by atoms with van der Waals surface area (Å²) in [6, 6.07) is 7.53. The second-order valence-electron chi connectivity index (χ2n) is 6.05. The van der Waals surface area contributed by atoms with Crippen LogP contribution in [0.15, 0.2) is 28.7 Å². The summed E-state index contributed by atoms with van der Waals surface area (Å²) >= 11 is 0. The molecule has 0 bridgehead atoms. The number of aryl methyl sites for hydroxylation is 1. The minimum atomic E-state index is -0.343. The van der Waals surface area contributed by atoms with Gasteiger partial charge in [0.2, 0.25) is 5.91 Å². The second kappa shape index (κ2) is 7.05. The van der Waals surface area contributed by atoms with Gasteiger partial charge in [0.1, 0.15) is 5.58 Å². The maximum absolute atomic E-state index is 12.3. The van der Waals surface area contributed by atoms with E-state index in [0.717, 1.165) is 30.6 Å². The zero-order chi connectivity index (χ0) is 17.1. The van der Waals surface area contributed by atoms with Crippen molar-refractivity contribution in [1.82, 2.24) is 15.1 Å². The highest BCUT2D eigenvalue weighted by Gasteiger charge is 2.22. The van der Waals surface area contributed by atoms with Crippen molar-refractivity contribution in [3.05, 3.63) is 35.6 Å². The first-order chi connectivity index (χ1) is 11.6. The van der Waals surface area contributed by atoms with Gasteiger partial charge in [-0.15, -0.1) is 0 Å². The molecule has 24 heavy (non-hydrogen) atoms. The monoisotopic (exact) mass is 329 g/mol. The van der Waals surface area contributed by atoms with Crippen LogP contribution in [0.3, 0.4) is 0 Å². The molecule has 2 heterocycles. The molecule has 1 aromatic carbocycles. The largest absolute Gasteiger partial charge is 0.451 e. The van der Waals surface area contributed by atoms with Crippen LogP contribution in [0.2, 0.25) is 0 Å². The molecule has 1 aromatic heterocycles. The standard InChI is InChI=1S/C18H23N3O3/c1-3-20-8-10-21(11-9-20)16(22)12-19-18(23)17-13(2)14-6-4-5-7-15(14)24-17/h4-7H,3,8-12H2,1-2H3,(H,19,23). The van der Waals surface area contributed by atoms with E-state index in [2.05, 4.69) is 17.1 Å². The number of amides is 2. The third-order valence-corrected chi connectivity index (χ3v) is 4.62. The SMILES string of the molecule is CCN1CCN(C(=O)CNC(=O)c2oc3ccccc3c2C)CC1. The molecule has 0 unspecified atom stereocenters. The Morgan fingerprint density at radius 3 is 2.54 bits per heavy atom. The first-order valence-corrected chi connectivity index (χ1v) is 8.36. The zero-order valence-electron chi connectivity index (χ0n) is 14.2. The topological polar surface area (TPSA) is 65.8 Å². The number of hydrogen-bond acceptors (Lipinski definition) is 4. The van der Waals surface area contributed by atoms with Gasteiger partial charge in [-0.3, -0.25) is 9.59 Å². The summed E-state index contributed by atoms with van der Waals surface area (Å²) in [6.07, 6.45) is 0. The Morgan fingerprint density at radius 1 is 1.17 bits per heavy atom. The van der Waals surface area contributed by atoms with Gasteiger partial charge in [0, 0.05) is 37.1 Å². The van der Waals surface area contributed by atoms with Crippen LogP contribution in [-0.4, -0.2) is 60.9 Å². The normalized spacial score (nSPS) is 15.7. The number of carbonyl (C=O) groups excluding carboxylic acids is 2. The number of hydrogen-bond donors (Lipinski definition) is 1. The fraction of sp³-hybridized carbons (Fsp3) is 0.444. The molecular weight excluding hydrogens is 306 g/mol. The van der Waals surface area contributed by atoms with Gasteiger partial charge < -0.3 is 19.5 Å². The number of benzene rings is 1. The molecule has 0 spiro atoms. The van der Waals surface area contributed by atoms with Crippen molar-refractivity contribution >= 4 is 22.8 Å². The van der Waals surface area contributed by atoms with Crippen molar-refractivity contribution in [2.75, 3.05) is 39.3 Å². The maximum Gasteiger partial charge on any atom is 0.287 e. The highest BCUT2D eigenvalue weighted by atomic mass is 16.3. The van der Waals surface area contributed by atoms with Crippen molar-refractivity contribution in [2.24, 2.45) is 0 Å². The van der Waals surface area contributed by atoms with Gasteiger partial charge in [-0.1, -0.05) is 25.1 Å². The van der Waals surface area contributed by atoms with Crippen LogP contribution in [0.25, 0.3) is 11.0 Å². The lowest BCUT2D eigenvalue weighted by atomic mass is 10.1. The lowest BCUT2D eigenvalue weighted by Crippen LogP contribution is -2.51. The lowest BCUT2D eigenvalue weighted by molar-refractivity contribution is -0.131. The fourth-order valence-corrected chi connectivity index (χ4v) is 3.05. The summed E-state index contributed by atoms with van der Waals surface area (Å²) in [4.78, 5) is 28.7. The minimum Gasteiger partial charge on any atom is -0.451 e. The first-order valence-electron chi connectivity index (χ1n) is 8.36. The third kappa shape index (κ3) is 3.28. The molecule has 0 atom stereocenters. The van der Waals surface area contributed by atoms with Crippen LogP contribution < -0.4 is 5.32 Å². The van der Waals surface area contributed by atoms with Gasteiger partial charge in [-0.05, 0) is 19.5 Å². The predicted molar refractivity (Wildman–Crippen MR) is 92.0 cm³/mol. The molecule has 1 fully saturated rings. The zero-order valence-corrected chi connectivity index (χ0v) is 14.2. The van der Waals surface area contributed by atoms with E-state index in [1.807, 2.05) is 31.2 Å². The van der Waals surface area contributed by atoms with Gasteiger partial charge >= 0.3 is 0 Å². The average Bonchev–Trinajstić information content (AvgIpc) is 2.96. The van der Waals surface area contributed by atoms with Crippen LogP contribution in [0, 0.1) is 6.92 Å². The fourth-order valence-electron chi connectivity index (χ4n) is 3.05. The Bertz CT molecular complexity index is 745. The van der Waals surface area contributed by atoms with E-state index in [0.29, 0.717) is 18.7 Å². The summed E-state index contributed by atoms with van der Waals surface area (Å²) in [7, 11) is 0. The van der Waals surface area contributed by atoms with Crippen LogP contribution in [0.5, 0.6) is 0 Å². The van der Waals surface area contributed by atoms with Crippen molar-refractivity contribution in [1.29, 1.82) is 0 Å². The van der Waals surface area contributed by atoms with Crippen molar-refractivity contribution in [3.63, 3.8) is 0 Å². The highest BCUT2D eigenvalue weighted by molar-refractivity contribution is 6.00. The number of furan rings is 1. The summed E-state index contributed by atoms with van der Waals surface area (Å²) in [5, 5.41) is 3.61. The Balaban J connectivity index is 1.59. The Hall–Kier alpha value is -2.34. The smallest absolute Gasteiger partial charge is 0.287 e.